The van der Waals surface area contributed by atoms with Crippen molar-refractivity contribution in [1.82, 2.24) is 5.09 Å². The van der Waals surface area contributed by atoms with Crippen LogP contribution in [-0.4, -0.2) is 14.5 Å². The van der Waals surface area contributed by atoms with E-state index in [0.29, 0.717) is 16.6 Å². The van der Waals surface area contributed by atoms with E-state index in [0.717, 1.165) is 6.42 Å². The van der Waals surface area contributed by atoms with Crippen LogP contribution in [0, 0.1) is 0 Å². The lowest BCUT2D eigenvalue weighted by atomic mass is 10.3. The monoisotopic (exact) mass is 256 g/mol. The standard InChI is InChI=1S/C14H32N2Si/c1-8-9-10-11-15-16-17(12(2)3,13(4)5)14(6)7/h11-14,16H,8-10H2,1-7H3/b15-11+. The second-order valence-electron chi connectivity index (χ2n) is 5.96. The van der Waals surface area contributed by atoms with Gasteiger partial charge in [-0.3, -0.25) is 0 Å². The van der Waals surface area contributed by atoms with Gasteiger partial charge in [0, 0.05) is 6.21 Å². The molecule has 102 valence electrons. The van der Waals surface area contributed by atoms with Crippen LogP contribution in [0.15, 0.2) is 5.10 Å². The summed E-state index contributed by atoms with van der Waals surface area (Å²) in [6.45, 7) is 16.3. The number of nitrogens with zero attached hydrogens (tertiary/aromatic N) is 1. The first-order valence-electron chi connectivity index (χ1n) is 7.18. The van der Waals surface area contributed by atoms with Crippen LogP contribution in [-0.2, 0) is 0 Å². The van der Waals surface area contributed by atoms with Crippen LogP contribution in [0.4, 0.5) is 0 Å². The predicted octanol–water partition coefficient (Wildman–Crippen LogP) is 4.93. The fraction of sp³-hybridized carbons (Fsp3) is 0.929. The van der Waals surface area contributed by atoms with E-state index in [2.05, 4.69) is 64.9 Å². The van der Waals surface area contributed by atoms with Crippen molar-refractivity contribution >= 4 is 14.5 Å². The Labute approximate surface area is 109 Å². The minimum Gasteiger partial charge on any atom is -0.336 e. The lowest BCUT2D eigenvalue weighted by molar-refractivity contribution is 0.746. The Kier molecular flexibility index (Phi) is 7.76. The second-order valence-corrected chi connectivity index (χ2v) is 11.5. The minimum atomic E-state index is -1.54. The molecular formula is C14H32N2Si. The van der Waals surface area contributed by atoms with E-state index in [1.807, 2.05) is 0 Å². The molecule has 0 aliphatic carbocycles. The zero-order valence-electron chi connectivity index (χ0n) is 12.9. The molecule has 17 heavy (non-hydrogen) atoms. The van der Waals surface area contributed by atoms with Crippen molar-refractivity contribution in [1.29, 1.82) is 0 Å². The van der Waals surface area contributed by atoms with E-state index in [1.54, 1.807) is 0 Å². The number of hydrogen-bond acceptors (Lipinski definition) is 2. The highest BCUT2D eigenvalue weighted by molar-refractivity contribution is 6.81. The van der Waals surface area contributed by atoms with Crippen molar-refractivity contribution in [3.05, 3.63) is 0 Å². The molecule has 0 bridgehead atoms. The normalized spacial score (nSPS) is 13.3. The quantitative estimate of drug-likeness (QED) is 0.283. The summed E-state index contributed by atoms with van der Waals surface area (Å²) in [5.74, 6) is 0. The third-order valence-electron chi connectivity index (χ3n) is 3.90. The molecule has 0 aliphatic heterocycles. The van der Waals surface area contributed by atoms with Crippen LogP contribution in [0.2, 0.25) is 16.6 Å². The Bertz CT molecular complexity index is 200. The first kappa shape index (κ1) is 16.7. The molecule has 0 aromatic rings. The van der Waals surface area contributed by atoms with E-state index in [1.165, 1.54) is 12.8 Å². The summed E-state index contributed by atoms with van der Waals surface area (Å²) < 4.78 is 0. The van der Waals surface area contributed by atoms with Gasteiger partial charge in [0.2, 0.25) is 0 Å². The fourth-order valence-corrected chi connectivity index (χ4v) is 7.99. The third-order valence-corrected chi connectivity index (χ3v) is 10.2. The molecule has 3 heteroatoms. The van der Waals surface area contributed by atoms with Gasteiger partial charge in [-0.05, 0) is 29.5 Å². The van der Waals surface area contributed by atoms with E-state index in [4.69, 9.17) is 0 Å². The third kappa shape index (κ3) is 4.45. The Morgan fingerprint density at radius 2 is 1.47 bits per heavy atom. The molecule has 0 fully saturated rings. The molecule has 0 aromatic heterocycles. The highest BCUT2D eigenvalue weighted by Gasteiger charge is 2.43. The van der Waals surface area contributed by atoms with Gasteiger partial charge in [-0.1, -0.05) is 54.9 Å². The van der Waals surface area contributed by atoms with Crippen LogP contribution in [0.3, 0.4) is 0 Å². The topological polar surface area (TPSA) is 24.4 Å². The summed E-state index contributed by atoms with van der Waals surface area (Å²) in [5, 5.41) is 8.13. The van der Waals surface area contributed by atoms with Gasteiger partial charge in [-0.25, -0.2) is 5.10 Å². The van der Waals surface area contributed by atoms with E-state index in [9.17, 15) is 0 Å². The Hall–Kier alpha value is -0.313. The second kappa shape index (κ2) is 7.91. The maximum atomic E-state index is 4.53. The summed E-state index contributed by atoms with van der Waals surface area (Å²) >= 11 is 0. The number of nitrogens with one attached hydrogen (secondary N) is 1. The highest BCUT2D eigenvalue weighted by Crippen LogP contribution is 2.38. The van der Waals surface area contributed by atoms with E-state index >= 15 is 0 Å². The Morgan fingerprint density at radius 1 is 1.00 bits per heavy atom. The van der Waals surface area contributed by atoms with Crippen molar-refractivity contribution in [3.63, 3.8) is 0 Å². The zero-order chi connectivity index (χ0) is 13.5. The molecule has 2 nitrogen and oxygen atoms in total. The van der Waals surface area contributed by atoms with Gasteiger partial charge in [-0.2, -0.15) is 0 Å². The van der Waals surface area contributed by atoms with Gasteiger partial charge in [0.1, 0.15) is 0 Å². The summed E-state index contributed by atoms with van der Waals surface area (Å²) in [4.78, 5) is 0. The molecule has 0 aromatic carbocycles. The number of hydrazone groups is 1. The van der Waals surface area contributed by atoms with Crippen molar-refractivity contribution in [2.75, 3.05) is 0 Å². The Balaban J connectivity index is 4.64. The average molecular weight is 257 g/mol. The van der Waals surface area contributed by atoms with Crippen molar-refractivity contribution in [2.45, 2.75) is 84.4 Å². The molecule has 0 spiro atoms. The summed E-state index contributed by atoms with van der Waals surface area (Å²) in [6, 6.07) is 0. The van der Waals surface area contributed by atoms with Gasteiger partial charge < -0.3 is 5.09 Å². The van der Waals surface area contributed by atoms with Crippen molar-refractivity contribution in [2.24, 2.45) is 5.10 Å². The lowest BCUT2D eigenvalue weighted by Crippen LogP contribution is -2.55. The molecule has 0 atom stereocenters. The SMILES string of the molecule is CCCC/C=N/N[Si](C(C)C)(C(C)C)C(C)C. The van der Waals surface area contributed by atoms with Gasteiger partial charge in [-0.15, -0.1) is 0 Å². The van der Waals surface area contributed by atoms with Gasteiger partial charge in [0.25, 0.3) is 0 Å². The molecule has 0 saturated heterocycles. The summed E-state index contributed by atoms with van der Waals surface area (Å²) in [5.41, 5.74) is 2.14. The Morgan fingerprint density at radius 3 is 1.82 bits per heavy atom. The molecule has 1 N–H and O–H groups in total. The van der Waals surface area contributed by atoms with Crippen LogP contribution < -0.4 is 5.09 Å². The molecule has 0 amide bonds. The molecule has 0 heterocycles. The van der Waals surface area contributed by atoms with Crippen molar-refractivity contribution in [3.8, 4) is 0 Å². The highest BCUT2D eigenvalue weighted by atomic mass is 28.3. The summed E-state index contributed by atoms with van der Waals surface area (Å²) in [7, 11) is -1.54. The first-order valence-corrected chi connectivity index (χ1v) is 9.41. The maximum absolute atomic E-state index is 4.53. The lowest BCUT2D eigenvalue weighted by Gasteiger charge is -2.41. The average Bonchev–Trinajstić information content (AvgIpc) is 2.21. The predicted molar refractivity (Wildman–Crippen MR) is 82.2 cm³/mol. The molecule has 0 radical (unpaired) electrons. The number of rotatable bonds is 8. The number of hydrogen-bond donors (Lipinski definition) is 1. The molecule has 0 aliphatic rings. The van der Waals surface area contributed by atoms with Gasteiger partial charge >= 0.3 is 0 Å². The van der Waals surface area contributed by atoms with Crippen LogP contribution >= 0.6 is 0 Å². The minimum absolute atomic E-state index is 0.714. The van der Waals surface area contributed by atoms with Gasteiger partial charge in [0.05, 0.1) is 0 Å². The van der Waals surface area contributed by atoms with Gasteiger partial charge in [0.15, 0.2) is 8.24 Å². The number of unbranched alkanes of at least 4 members (excludes halogenated alkanes) is 2. The van der Waals surface area contributed by atoms with Crippen molar-refractivity contribution < 1.29 is 0 Å². The smallest absolute Gasteiger partial charge is 0.181 e. The first-order chi connectivity index (χ1) is 7.89. The maximum Gasteiger partial charge on any atom is 0.181 e. The van der Waals surface area contributed by atoms with Crippen LogP contribution in [0.5, 0.6) is 0 Å². The molecule has 0 saturated carbocycles. The zero-order valence-corrected chi connectivity index (χ0v) is 13.9. The largest absolute Gasteiger partial charge is 0.336 e. The fourth-order valence-electron chi connectivity index (χ4n) is 2.90. The molecule has 0 rings (SSSR count). The molecular weight excluding hydrogens is 224 g/mol. The van der Waals surface area contributed by atoms with Crippen LogP contribution in [0.25, 0.3) is 0 Å². The van der Waals surface area contributed by atoms with E-state index < -0.39 is 8.24 Å². The molecule has 0 unspecified atom stereocenters. The summed E-state index contributed by atoms with van der Waals surface area (Å²) in [6.07, 6.45) is 5.65. The van der Waals surface area contributed by atoms with Crippen LogP contribution in [0.1, 0.15) is 67.7 Å². The van der Waals surface area contributed by atoms with E-state index in [-0.39, 0.29) is 0 Å².